The lowest BCUT2D eigenvalue weighted by Gasteiger charge is -2.11. The number of anilines is 1. The minimum atomic E-state index is -1.39. The van der Waals surface area contributed by atoms with E-state index >= 15 is 0 Å². The van der Waals surface area contributed by atoms with Crippen LogP contribution >= 0.6 is 11.8 Å². The van der Waals surface area contributed by atoms with Crippen LogP contribution in [0.5, 0.6) is 0 Å². The number of carbonyl (C=O) groups excluding carboxylic acids is 1. The van der Waals surface area contributed by atoms with Gasteiger partial charge in [-0.3, -0.25) is 4.42 Å². The van der Waals surface area contributed by atoms with E-state index in [9.17, 15) is 9.59 Å². The van der Waals surface area contributed by atoms with Crippen LogP contribution in [-0.4, -0.2) is 23.7 Å². The van der Waals surface area contributed by atoms with Crippen LogP contribution in [0.25, 0.3) is 0 Å². The molecular formula is C12H12ClNO4. The summed E-state index contributed by atoms with van der Waals surface area (Å²) in [5.41, 5.74) is 0.0120. The molecule has 0 fully saturated rings. The van der Waals surface area contributed by atoms with E-state index in [1.807, 2.05) is 0 Å². The maximum Gasteiger partial charge on any atom is 0.347 e. The van der Waals surface area contributed by atoms with Gasteiger partial charge in [-0.25, -0.2) is 9.59 Å². The lowest BCUT2D eigenvalue weighted by atomic mass is 10.3. The fourth-order valence-corrected chi connectivity index (χ4v) is 1.37. The number of carbonyl (C=O) groups is 2. The maximum absolute atomic E-state index is 11.4. The second-order valence-corrected chi connectivity index (χ2v) is 3.58. The van der Waals surface area contributed by atoms with Gasteiger partial charge in [-0.05, 0) is 19.1 Å². The van der Waals surface area contributed by atoms with Crippen molar-refractivity contribution >= 4 is 29.4 Å². The third kappa shape index (κ3) is 3.78. The van der Waals surface area contributed by atoms with Crippen molar-refractivity contribution in [3.05, 3.63) is 42.1 Å². The molecular weight excluding hydrogens is 258 g/mol. The Balaban J connectivity index is 2.96. The van der Waals surface area contributed by atoms with E-state index in [0.717, 1.165) is 10.6 Å². The molecule has 96 valence electrons. The van der Waals surface area contributed by atoms with Gasteiger partial charge in [0.25, 0.3) is 0 Å². The lowest BCUT2D eigenvalue weighted by molar-refractivity contribution is -0.143. The van der Waals surface area contributed by atoms with Crippen molar-refractivity contribution in [3.8, 4) is 0 Å². The summed E-state index contributed by atoms with van der Waals surface area (Å²) in [4.78, 5) is 22.3. The smallest absolute Gasteiger partial charge is 0.347 e. The van der Waals surface area contributed by atoms with Crippen molar-refractivity contribution in [2.45, 2.75) is 6.92 Å². The molecule has 6 heteroatoms. The number of nitrogens with zero attached hydrogens (tertiary/aromatic N) is 1. The van der Waals surface area contributed by atoms with Crippen LogP contribution in [0.3, 0.4) is 0 Å². The van der Waals surface area contributed by atoms with Gasteiger partial charge >= 0.3 is 11.9 Å². The molecule has 0 atom stereocenters. The average Bonchev–Trinajstić information content (AvgIpc) is 2.36. The first kappa shape index (κ1) is 14.1. The van der Waals surface area contributed by atoms with Crippen molar-refractivity contribution in [1.29, 1.82) is 0 Å². The van der Waals surface area contributed by atoms with Gasteiger partial charge in [0.1, 0.15) is 0 Å². The molecule has 1 N–H and O–H groups in total. The van der Waals surface area contributed by atoms with E-state index in [0.29, 0.717) is 5.69 Å². The Hall–Kier alpha value is -2.01. The number of hydrogen-bond donors (Lipinski definition) is 1. The van der Waals surface area contributed by atoms with Crippen LogP contribution in [0.2, 0.25) is 0 Å². The topological polar surface area (TPSA) is 66.8 Å². The Morgan fingerprint density at radius 1 is 1.39 bits per heavy atom. The molecule has 1 aromatic carbocycles. The van der Waals surface area contributed by atoms with Crippen molar-refractivity contribution in [2.75, 3.05) is 11.0 Å². The Kier molecular flexibility index (Phi) is 5.20. The van der Waals surface area contributed by atoms with Crippen molar-refractivity contribution in [2.24, 2.45) is 0 Å². The molecule has 0 unspecified atom stereocenters. The van der Waals surface area contributed by atoms with Gasteiger partial charge in [-0.1, -0.05) is 18.2 Å². The number of halogens is 1. The molecule has 1 rings (SSSR count). The first-order valence-electron chi connectivity index (χ1n) is 5.18. The van der Waals surface area contributed by atoms with E-state index < -0.39 is 17.5 Å². The third-order valence-corrected chi connectivity index (χ3v) is 2.26. The van der Waals surface area contributed by atoms with Gasteiger partial charge < -0.3 is 9.84 Å². The van der Waals surface area contributed by atoms with E-state index in [4.69, 9.17) is 16.9 Å². The number of hydrogen-bond acceptors (Lipinski definition) is 4. The fourth-order valence-electron chi connectivity index (χ4n) is 1.16. The van der Waals surface area contributed by atoms with E-state index in [2.05, 4.69) is 4.74 Å². The quantitative estimate of drug-likeness (QED) is 0.292. The van der Waals surface area contributed by atoms with Gasteiger partial charge in [0, 0.05) is 18.0 Å². The minimum absolute atomic E-state index is 0.0943. The number of esters is 1. The van der Waals surface area contributed by atoms with Gasteiger partial charge in [0.2, 0.25) is 0 Å². The molecule has 0 amide bonds. The first-order chi connectivity index (χ1) is 8.56. The number of carboxylic acids is 1. The number of rotatable bonds is 5. The van der Waals surface area contributed by atoms with Gasteiger partial charge in [0.05, 0.1) is 12.3 Å². The van der Waals surface area contributed by atoms with Crippen LogP contribution < -0.4 is 4.42 Å². The summed E-state index contributed by atoms with van der Waals surface area (Å²) in [5, 5.41) is 8.91. The maximum atomic E-state index is 11.4. The molecule has 0 radical (unpaired) electrons. The highest BCUT2D eigenvalue weighted by Crippen LogP contribution is 2.17. The monoisotopic (exact) mass is 269 g/mol. The number of aliphatic carboxylic acids is 1. The molecule has 0 saturated carbocycles. The van der Waals surface area contributed by atoms with E-state index in [-0.39, 0.29) is 6.61 Å². The van der Waals surface area contributed by atoms with Gasteiger partial charge in [-0.15, -0.1) is 0 Å². The second kappa shape index (κ2) is 6.66. The Bertz CT molecular complexity index is 458. The summed E-state index contributed by atoms with van der Waals surface area (Å²) >= 11 is 5.88. The van der Waals surface area contributed by atoms with Crippen LogP contribution in [-0.2, 0) is 14.3 Å². The zero-order valence-corrected chi connectivity index (χ0v) is 10.4. The van der Waals surface area contributed by atoms with E-state index in [1.165, 1.54) is 0 Å². The number of benzene rings is 1. The van der Waals surface area contributed by atoms with Crippen molar-refractivity contribution in [1.82, 2.24) is 0 Å². The minimum Gasteiger partial charge on any atom is -0.477 e. The van der Waals surface area contributed by atoms with Crippen LogP contribution in [0.4, 0.5) is 5.69 Å². The van der Waals surface area contributed by atoms with E-state index in [1.54, 1.807) is 37.3 Å². The number of para-hydroxylation sites is 1. The zero-order valence-electron chi connectivity index (χ0n) is 9.67. The number of carboxylic acid groups (broad SMARTS) is 1. The summed E-state index contributed by atoms with van der Waals surface area (Å²) in [7, 11) is 0. The highest BCUT2D eigenvalue weighted by Gasteiger charge is 2.20. The summed E-state index contributed by atoms with van der Waals surface area (Å²) < 4.78 is 5.66. The third-order valence-electron chi connectivity index (χ3n) is 1.97. The highest BCUT2D eigenvalue weighted by atomic mass is 35.5. The summed E-state index contributed by atoms with van der Waals surface area (Å²) in [6, 6.07) is 8.62. The van der Waals surface area contributed by atoms with Gasteiger partial charge in [0.15, 0.2) is 5.57 Å². The summed E-state index contributed by atoms with van der Waals surface area (Å²) in [6.07, 6.45) is 1.01. The normalized spacial score (nSPS) is 10.9. The molecule has 1 aromatic rings. The molecule has 0 aliphatic carbocycles. The summed E-state index contributed by atoms with van der Waals surface area (Å²) in [5.74, 6) is -2.32. The Morgan fingerprint density at radius 3 is 2.50 bits per heavy atom. The van der Waals surface area contributed by atoms with Crippen LogP contribution in [0.15, 0.2) is 42.1 Å². The molecule has 0 aromatic heterocycles. The first-order valence-corrected chi connectivity index (χ1v) is 5.52. The predicted molar refractivity (Wildman–Crippen MR) is 67.1 cm³/mol. The fraction of sp³-hybridized carbons (Fsp3) is 0.167. The van der Waals surface area contributed by atoms with Crippen molar-refractivity contribution in [3.63, 3.8) is 0 Å². The lowest BCUT2D eigenvalue weighted by Crippen LogP contribution is -2.18. The van der Waals surface area contributed by atoms with Crippen LogP contribution in [0, 0.1) is 0 Å². The average molecular weight is 270 g/mol. The highest BCUT2D eigenvalue weighted by molar-refractivity contribution is 6.28. The molecule has 0 heterocycles. The molecule has 0 aliphatic rings. The van der Waals surface area contributed by atoms with Gasteiger partial charge in [-0.2, -0.15) is 0 Å². The Morgan fingerprint density at radius 2 is 2.00 bits per heavy atom. The molecule has 0 spiro atoms. The largest absolute Gasteiger partial charge is 0.477 e. The molecule has 0 saturated heterocycles. The molecule has 0 bridgehead atoms. The zero-order chi connectivity index (χ0) is 13.5. The standard InChI is InChI=1S/C12H12ClNO4/c1-2-18-12(17)10(11(15)16)8-14(13)9-6-4-3-5-7-9/h3-8H,2H2,1H3,(H,15,16)/b10-8+. The number of ether oxygens (including phenoxy) is 1. The molecule has 18 heavy (non-hydrogen) atoms. The molecule has 0 aliphatic heterocycles. The SMILES string of the molecule is CCOC(=O)/C(=C/N(Cl)c1ccccc1)C(=O)O. The van der Waals surface area contributed by atoms with Crippen molar-refractivity contribution < 1.29 is 19.4 Å². The van der Waals surface area contributed by atoms with Crippen LogP contribution in [0.1, 0.15) is 6.92 Å². The molecule has 5 nitrogen and oxygen atoms in total. The predicted octanol–water partition coefficient (Wildman–Crippen LogP) is 2.18. The second-order valence-electron chi connectivity index (χ2n) is 3.22. The Labute approximate surface area is 109 Å². The summed E-state index contributed by atoms with van der Waals surface area (Å²) in [6.45, 7) is 1.68.